The third-order valence-corrected chi connectivity index (χ3v) is 1.42. The van der Waals surface area contributed by atoms with Gasteiger partial charge in [-0.2, -0.15) is 0 Å². The van der Waals surface area contributed by atoms with Gasteiger partial charge in [-0.25, -0.2) is 0 Å². The zero-order chi connectivity index (χ0) is 7.82. The normalized spacial score (nSPS) is 9.40. The second kappa shape index (κ2) is 6.59. The summed E-state index contributed by atoms with van der Waals surface area (Å²) < 4.78 is 0. The van der Waals surface area contributed by atoms with Crippen LogP contribution >= 0.6 is 0 Å². The summed E-state index contributed by atoms with van der Waals surface area (Å²) in [6, 6.07) is 0. The summed E-state index contributed by atoms with van der Waals surface area (Å²) in [5, 5.41) is 2.83. The molecular formula is C8H19NO. The predicted octanol–water partition coefficient (Wildman–Crippen LogP) is 1.95. The van der Waals surface area contributed by atoms with Crippen LogP contribution in [0.4, 0.5) is 0 Å². The van der Waals surface area contributed by atoms with Gasteiger partial charge < -0.3 is 5.32 Å². The fourth-order valence-electron chi connectivity index (χ4n) is 0.728. The van der Waals surface area contributed by atoms with Crippen LogP contribution in [-0.4, -0.2) is 12.5 Å². The molecule has 0 saturated carbocycles. The Morgan fingerprint density at radius 3 is 2.60 bits per heavy atom. The Kier molecular flexibility index (Phi) is 6.24. The van der Waals surface area contributed by atoms with Crippen LogP contribution in [0.3, 0.4) is 0 Å². The predicted molar refractivity (Wildman–Crippen MR) is 44.9 cm³/mol. The Bertz CT molecular complexity index is 96.1. The molecule has 1 amide bonds. The Hall–Kier alpha value is -0.530. The van der Waals surface area contributed by atoms with Crippen molar-refractivity contribution in [2.45, 2.75) is 39.5 Å². The van der Waals surface area contributed by atoms with Gasteiger partial charge in [0.2, 0.25) is 5.91 Å². The minimum absolute atomic E-state index is 0. The van der Waals surface area contributed by atoms with Crippen LogP contribution in [0.25, 0.3) is 0 Å². The largest absolute Gasteiger partial charge is 0.356 e. The van der Waals surface area contributed by atoms with Gasteiger partial charge in [0.05, 0.1) is 0 Å². The van der Waals surface area contributed by atoms with Crippen LogP contribution < -0.4 is 5.32 Å². The Balaban J connectivity index is 0. The maximum Gasteiger partial charge on any atom is 0.219 e. The van der Waals surface area contributed by atoms with Gasteiger partial charge in [0.15, 0.2) is 0 Å². The SMILES string of the molecule is CCCCCNC(=O)CC.[HH]. The number of hydrogen-bond donors (Lipinski definition) is 1. The van der Waals surface area contributed by atoms with Crippen molar-refractivity contribution in [3.05, 3.63) is 0 Å². The molecule has 0 fully saturated rings. The molecule has 0 atom stereocenters. The molecule has 62 valence electrons. The summed E-state index contributed by atoms with van der Waals surface area (Å²) in [4.78, 5) is 10.7. The second-order valence-electron chi connectivity index (χ2n) is 2.41. The third kappa shape index (κ3) is 5.60. The molecule has 0 aromatic carbocycles. The van der Waals surface area contributed by atoms with Crippen molar-refractivity contribution in [1.82, 2.24) is 5.32 Å². The lowest BCUT2D eigenvalue weighted by atomic mass is 10.2. The van der Waals surface area contributed by atoms with E-state index >= 15 is 0 Å². The first-order chi connectivity index (χ1) is 4.81. The van der Waals surface area contributed by atoms with Crippen molar-refractivity contribution in [1.29, 1.82) is 0 Å². The molecule has 10 heavy (non-hydrogen) atoms. The van der Waals surface area contributed by atoms with E-state index in [1.54, 1.807) is 0 Å². The maximum atomic E-state index is 10.7. The highest BCUT2D eigenvalue weighted by Gasteiger charge is 1.92. The van der Waals surface area contributed by atoms with Crippen molar-refractivity contribution in [3.63, 3.8) is 0 Å². The molecule has 0 saturated heterocycles. The smallest absolute Gasteiger partial charge is 0.219 e. The lowest BCUT2D eigenvalue weighted by Crippen LogP contribution is -2.22. The van der Waals surface area contributed by atoms with Gasteiger partial charge >= 0.3 is 0 Å². The van der Waals surface area contributed by atoms with Crippen LogP contribution in [0.15, 0.2) is 0 Å². The quantitative estimate of drug-likeness (QED) is 0.589. The van der Waals surface area contributed by atoms with Crippen LogP contribution in [0.1, 0.15) is 41.0 Å². The van der Waals surface area contributed by atoms with E-state index in [4.69, 9.17) is 0 Å². The zero-order valence-corrected chi connectivity index (χ0v) is 6.94. The summed E-state index contributed by atoms with van der Waals surface area (Å²) in [7, 11) is 0. The Labute approximate surface area is 64.5 Å². The number of carbonyl (C=O) groups excluding carboxylic acids is 1. The molecule has 0 aromatic rings. The van der Waals surface area contributed by atoms with Gasteiger partial charge in [0.25, 0.3) is 0 Å². The number of rotatable bonds is 5. The standard InChI is InChI=1S/C8H17NO.H2/c1-3-5-6-7-9-8(10)4-2;/h3-7H2,1-2H3,(H,9,10);1H. The molecule has 0 aliphatic heterocycles. The fraction of sp³-hybridized carbons (Fsp3) is 0.875. The first-order valence-corrected chi connectivity index (χ1v) is 4.08. The van der Waals surface area contributed by atoms with Gasteiger partial charge in [0.1, 0.15) is 0 Å². The molecule has 0 unspecified atom stereocenters. The van der Waals surface area contributed by atoms with Crippen molar-refractivity contribution in [3.8, 4) is 0 Å². The molecule has 0 aliphatic carbocycles. The van der Waals surface area contributed by atoms with Crippen LogP contribution in [0.5, 0.6) is 0 Å². The topological polar surface area (TPSA) is 29.1 Å². The summed E-state index contributed by atoms with van der Waals surface area (Å²) >= 11 is 0. The molecular weight excluding hydrogens is 126 g/mol. The van der Waals surface area contributed by atoms with E-state index in [0.717, 1.165) is 13.0 Å². The molecule has 0 radical (unpaired) electrons. The van der Waals surface area contributed by atoms with Crippen molar-refractivity contribution in [2.75, 3.05) is 6.54 Å². The third-order valence-electron chi connectivity index (χ3n) is 1.42. The van der Waals surface area contributed by atoms with Gasteiger partial charge in [-0.3, -0.25) is 4.79 Å². The highest BCUT2D eigenvalue weighted by Crippen LogP contribution is 1.90. The first kappa shape index (κ1) is 9.47. The minimum Gasteiger partial charge on any atom is -0.356 e. The van der Waals surface area contributed by atoms with Gasteiger partial charge in [-0.15, -0.1) is 0 Å². The molecule has 2 heteroatoms. The van der Waals surface area contributed by atoms with Crippen molar-refractivity contribution >= 4 is 5.91 Å². The molecule has 0 rings (SSSR count). The summed E-state index contributed by atoms with van der Waals surface area (Å²) in [6.07, 6.45) is 4.14. The Morgan fingerprint density at radius 1 is 1.40 bits per heavy atom. The van der Waals surface area contributed by atoms with Crippen LogP contribution in [-0.2, 0) is 4.79 Å². The lowest BCUT2D eigenvalue weighted by Gasteiger charge is -2.00. The van der Waals surface area contributed by atoms with E-state index in [0.29, 0.717) is 6.42 Å². The number of amides is 1. The van der Waals surface area contributed by atoms with Crippen LogP contribution in [0.2, 0.25) is 0 Å². The number of carbonyl (C=O) groups is 1. The minimum atomic E-state index is 0. The molecule has 0 spiro atoms. The maximum absolute atomic E-state index is 10.7. The Morgan fingerprint density at radius 2 is 2.10 bits per heavy atom. The van der Waals surface area contributed by atoms with Crippen LogP contribution in [0, 0.1) is 0 Å². The fourth-order valence-corrected chi connectivity index (χ4v) is 0.728. The average Bonchev–Trinajstić information content (AvgIpc) is 1.98. The molecule has 1 N–H and O–H groups in total. The lowest BCUT2D eigenvalue weighted by molar-refractivity contribution is -0.120. The van der Waals surface area contributed by atoms with E-state index in [1.807, 2.05) is 6.92 Å². The summed E-state index contributed by atoms with van der Waals surface area (Å²) in [6.45, 7) is 4.87. The van der Waals surface area contributed by atoms with Crippen molar-refractivity contribution < 1.29 is 6.22 Å². The van der Waals surface area contributed by atoms with Gasteiger partial charge in [-0.05, 0) is 6.42 Å². The highest BCUT2D eigenvalue weighted by atomic mass is 16.1. The molecule has 2 nitrogen and oxygen atoms in total. The number of nitrogens with one attached hydrogen (secondary N) is 1. The van der Waals surface area contributed by atoms with E-state index in [9.17, 15) is 4.79 Å². The first-order valence-electron chi connectivity index (χ1n) is 4.08. The molecule has 0 aromatic heterocycles. The number of unbranched alkanes of at least 4 members (excludes halogenated alkanes) is 2. The monoisotopic (exact) mass is 145 g/mol. The van der Waals surface area contributed by atoms with E-state index in [2.05, 4.69) is 12.2 Å². The van der Waals surface area contributed by atoms with E-state index in [1.165, 1.54) is 12.8 Å². The second-order valence-corrected chi connectivity index (χ2v) is 2.41. The summed E-state index contributed by atoms with van der Waals surface area (Å²) in [5.41, 5.74) is 0. The highest BCUT2D eigenvalue weighted by molar-refractivity contribution is 5.75. The van der Waals surface area contributed by atoms with Gasteiger partial charge in [0, 0.05) is 14.4 Å². The number of hydrogen-bond acceptors (Lipinski definition) is 1. The molecule has 0 aliphatic rings. The molecule has 0 heterocycles. The van der Waals surface area contributed by atoms with Gasteiger partial charge in [-0.1, -0.05) is 26.7 Å². The van der Waals surface area contributed by atoms with E-state index in [-0.39, 0.29) is 7.33 Å². The zero-order valence-electron chi connectivity index (χ0n) is 6.94. The average molecular weight is 145 g/mol. The van der Waals surface area contributed by atoms with E-state index < -0.39 is 0 Å². The summed E-state index contributed by atoms with van der Waals surface area (Å²) in [5.74, 6) is 0.163. The molecule has 0 bridgehead atoms. The van der Waals surface area contributed by atoms with Crippen molar-refractivity contribution in [2.24, 2.45) is 0 Å².